The molecule has 30 heavy (non-hydrogen) atoms. The van der Waals surface area contributed by atoms with E-state index in [0.29, 0.717) is 22.5 Å². The number of aromatic nitrogens is 3. The summed E-state index contributed by atoms with van der Waals surface area (Å²) in [5.41, 5.74) is 4.66. The third-order valence-electron chi connectivity index (χ3n) is 5.93. The summed E-state index contributed by atoms with van der Waals surface area (Å²) in [6, 6.07) is 13.2. The van der Waals surface area contributed by atoms with Gasteiger partial charge in [-0.2, -0.15) is 0 Å². The number of para-hydroxylation sites is 2. The van der Waals surface area contributed by atoms with Gasteiger partial charge in [-0.1, -0.05) is 18.2 Å². The van der Waals surface area contributed by atoms with Gasteiger partial charge in [-0.05, 0) is 43.8 Å². The molecule has 4 aromatic rings. The monoisotopic (exact) mass is 401 g/mol. The predicted molar refractivity (Wildman–Crippen MR) is 118 cm³/mol. The molecule has 0 unspecified atom stereocenters. The smallest absolute Gasteiger partial charge is 0.276 e. The Balaban J connectivity index is 1.55. The van der Waals surface area contributed by atoms with Crippen LogP contribution in [-0.2, 0) is 0 Å². The zero-order chi connectivity index (χ0) is 20.8. The van der Waals surface area contributed by atoms with E-state index < -0.39 is 0 Å². The fraction of sp³-hybridized carbons (Fsp3) is 0.261. The van der Waals surface area contributed by atoms with Gasteiger partial charge in [-0.15, -0.1) is 0 Å². The van der Waals surface area contributed by atoms with E-state index in [-0.39, 0.29) is 11.5 Å². The van der Waals surface area contributed by atoms with Crippen molar-refractivity contribution in [2.24, 2.45) is 0 Å². The van der Waals surface area contributed by atoms with E-state index in [9.17, 15) is 9.59 Å². The Morgan fingerprint density at radius 1 is 1.00 bits per heavy atom. The minimum absolute atomic E-state index is 0.0421. The highest BCUT2D eigenvalue weighted by Gasteiger charge is 2.22. The van der Waals surface area contributed by atoms with Crippen LogP contribution in [0.25, 0.3) is 33.3 Å². The highest BCUT2D eigenvalue weighted by Crippen LogP contribution is 2.28. The van der Waals surface area contributed by atoms with Gasteiger partial charge in [-0.3, -0.25) is 9.59 Å². The quantitative estimate of drug-likeness (QED) is 0.541. The number of aromatic amines is 2. The third-order valence-corrected chi connectivity index (χ3v) is 5.93. The molecule has 0 radical (unpaired) electrons. The average molecular weight is 401 g/mol. The molecule has 0 saturated carbocycles. The van der Waals surface area contributed by atoms with Crippen LogP contribution in [-0.4, -0.2) is 63.9 Å². The Kier molecular flexibility index (Phi) is 4.40. The van der Waals surface area contributed by atoms with E-state index in [4.69, 9.17) is 0 Å². The zero-order valence-electron chi connectivity index (χ0n) is 17.0. The van der Waals surface area contributed by atoms with E-state index in [1.807, 2.05) is 54.3 Å². The van der Waals surface area contributed by atoms with Crippen LogP contribution in [0.4, 0.5) is 0 Å². The topological polar surface area (TPSA) is 85.1 Å². The fourth-order valence-electron chi connectivity index (χ4n) is 4.10. The molecule has 0 atom stereocenters. The zero-order valence-corrected chi connectivity index (χ0v) is 17.0. The molecule has 0 aliphatic carbocycles. The van der Waals surface area contributed by atoms with Gasteiger partial charge >= 0.3 is 0 Å². The maximum absolute atomic E-state index is 12.9. The largest absolute Gasteiger partial charge is 0.353 e. The summed E-state index contributed by atoms with van der Waals surface area (Å²) in [5.74, 6) is 0.0421. The third kappa shape index (κ3) is 3.07. The number of H-pyrrole nitrogens is 2. The molecule has 3 heterocycles. The maximum Gasteiger partial charge on any atom is 0.276 e. The van der Waals surface area contributed by atoms with Crippen molar-refractivity contribution in [2.45, 2.75) is 6.92 Å². The lowest BCUT2D eigenvalue weighted by atomic mass is 10.1. The van der Waals surface area contributed by atoms with Crippen molar-refractivity contribution >= 4 is 27.8 Å². The van der Waals surface area contributed by atoms with Crippen LogP contribution in [0, 0.1) is 6.92 Å². The first kappa shape index (κ1) is 18.6. The second-order valence-electron chi connectivity index (χ2n) is 7.91. The molecule has 0 spiro atoms. The Morgan fingerprint density at radius 3 is 2.57 bits per heavy atom. The molecule has 1 amide bonds. The lowest BCUT2D eigenvalue weighted by Gasteiger charge is -2.32. The van der Waals surface area contributed by atoms with Gasteiger partial charge in [0.05, 0.1) is 16.7 Å². The molecular weight excluding hydrogens is 378 g/mol. The number of hydrogen-bond donors (Lipinski definition) is 2. The van der Waals surface area contributed by atoms with Crippen LogP contribution in [0.2, 0.25) is 0 Å². The SMILES string of the molecule is Cc1c(-c2nc3ccccc3[nH]c2=O)[nH]c2cc(C(=O)N3CCN(C)CC3)ccc12. The first-order valence-corrected chi connectivity index (χ1v) is 10.1. The van der Waals surface area contributed by atoms with E-state index in [2.05, 4.69) is 26.9 Å². The van der Waals surface area contributed by atoms with E-state index in [1.165, 1.54) is 0 Å². The predicted octanol–water partition coefficient (Wildman–Crippen LogP) is 2.77. The average Bonchev–Trinajstić information content (AvgIpc) is 3.09. The Morgan fingerprint density at radius 2 is 1.77 bits per heavy atom. The minimum Gasteiger partial charge on any atom is -0.353 e. The van der Waals surface area contributed by atoms with Crippen molar-refractivity contribution < 1.29 is 4.79 Å². The summed E-state index contributed by atoms with van der Waals surface area (Å²) in [6.45, 7) is 5.20. The van der Waals surface area contributed by atoms with Crippen molar-refractivity contribution in [3.63, 3.8) is 0 Å². The molecule has 7 heteroatoms. The molecular formula is C23H23N5O2. The van der Waals surface area contributed by atoms with Gasteiger partial charge in [-0.25, -0.2) is 4.98 Å². The van der Waals surface area contributed by atoms with Gasteiger partial charge in [0.15, 0.2) is 5.69 Å². The van der Waals surface area contributed by atoms with Crippen molar-refractivity contribution in [1.29, 1.82) is 0 Å². The number of nitrogens with zero attached hydrogens (tertiary/aromatic N) is 3. The first-order chi connectivity index (χ1) is 14.5. The van der Waals surface area contributed by atoms with Gasteiger partial charge in [0.1, 0.15) is 0 Å². The second kappa shape index (κ2) is 7.11. The van der Waals surface area contributed by atoms with Crippen LogP contribution >= 0.6 is 0 Å². The van der Waals surface area contributed by atoms with Gasteiger partial charge < -0.3 is 19.8 Å². The van der Waals surface area contributed by atoms with Crippen LogP contribution in [0.1, 0.15) is 15.9 Å². The first-order valence-electron chi connectivity index (χ1n) is 10.1. The molecule has 1 saturated heterocycles. The van der Waals surface area contributed by atoms with Crippen LogP contribution in [0.3, 0.4) is 0 Å². The van der Waals surface area contributed by atoms with Gasteiger partial charge in [0.2, 0.25) is 0 Å². The van der Waals surface area contributed by atoms with E-state index >= 15 is 0 Å². The molecule has 2 aromatic carbocycles. The van der Waals surface area contributed by atoms with E-state index in [1.54, 1.807) is 0 Å². The number of aryl methyl sites for hydroxylation is 1. The summed E-state index contributed by atoms with van der Waals surface area (Å²) in [6.07, 6.45) is 0. The summed E-state index contributed by atoms with van der Waals surface area (Å²) in [7, 11) is 2.07. The number of fused-ring (bicyclic) bond motifs is 2. The lowest BCUT2D eigenvalue weighted by molar-refractivity contribution is 0.0664. The number of hydrogen-bond acceptors (Lipinski definition) is 4. The lowest BCUT2D eigenvalue weighted by Crippen LogP contribution is -2.47. The molecule has 2 N–H and O–H groups in total. The standard InChI is InChI=1S/C23H23N5O2/c1-14-16-8-7-15(23(30)28-11-9-27(2)10-12-28)13-19(16)25-20(14)21-22(29)26-18-6-4-3-5-17(18)24-21/h3-8,13,25H,9-12H2,1-2H3,(H,26,29). The molecule has 1 aliphatic heterocycles. The van der Waals surface area contributed by atoms with Gasteiger partial charge in [0, 0.05) is 42.6 Å². The van der Waals surface area contributed by atoms with Crippen molar-refractivity contribution in [1.82, 2.24) is 24.8 Å². The highest BCUT2D eigenvalue weighted by atomic mass is 16.2. The van der Waals surface area contributed by atoms with Crippen molar-refractivity contribution in [3.8, 4) is 11.4 Å². The number of amides is 1. The molecule has 2 aromatic heterocycles. The maximum atomic E-state index is 12.9. The molecule has 7 nitrogen and oxygen atoms in total. The summed E-state index contributed by atoms with van der Waals surface area (Å²) >= 11 is 0. The fourth-order valence-corrected chi connectivity index (χ4v) is 4.10. The minimum atomic E-state index is -0.239. The summed E-state index contributed by atoms with van der Waals surface area (Å²) in [5, 5.41) is 0.981. The number of piperazine rings is 1. The summed E-state index contributed by atoms with van der Waals surface area (Å²) < 4.78 is 0. The molecule has 1 fully saturated rings. The number of likely N-dealkylation sites (N-methyl/N-ethyl adjacent to an activating group) is 1. The van der Waals surface area contributed by atoms with Crippen LogP contribution in [0.5, 0.6) is 0 Å². The normalized spacial score (nSPS) is 15.2. The Hall–Kier alpha value is -3.45. The molecule has 0 bridgehead atoms. The molecule has 152 valence electrons. The molecule has 1 aliphatic rings. The molecule has 5 rings (SSSR count). The second-order valence-corrected chi connectivity index (χ2v) is 7.91. The number of benzene rings is 2. The number of carbonyl (C=O) groups is 1. The van der Waals surface area contributed by atoms with Crippen molar-refractivity contribution in [3.05, 3.63) is 63.9 Å². The van der Waals surface area contributed by atoms with Gasteiger partial charge in [0.25, 0.3) is 11.5 Å². The number of carbonyl (C=O) groups excluding carboxylic acids is 1. The Labute approximate surface area is 173 Å². The summed E-state index contributed by atoms with van der Waals surface area (Å²) in [4.78, 5) is 40.5. The van der Waals surface area contributed by atoms with Crippen molar-refractivity contribution in [2.75, 3.05) is 33.2 Å². The van der Waals surface area contributed by atoms with E-state index in [0.717, 1.165) is 48.2 Å². The Bertz CT molecular complexity index is 1330. The number of nitrogens with one attached hydrogen (secondary N) is 2. The highest BCUT2D eigenvalue weighted by molar-refractivity contribution is 6.00. The number of rotatable bonds is 2. The van der Waals surface area contributed by atoms with Crippen LogP contribution < -0.4 is 5.56 Å². The van der Waals surface area contributed by atoms with Crippen LogP contribution in [0.15, 0.2) is 47.3 Å².